The third-order valence-electron chi connectivity index (χ3n) is 2.54. The lowest BCUT2D eigenvalue weighted by atomic mass is 10.0. The van der Waals surface area contributed by atoms with Crippen LogP contribution in [0.4, 0.5) is 5.69 Å². The normalized spacial score (nSPS) is 16.0. The number of rotatable bonds is 3. The second-order valence-corrected chi connectivity index (χ2v) is 3.81. The van der Waals surface area contributed by atoms with Gasteiger partial charge in [0.05, 0.1) is 12.5 Å². The first-order valence-electron chi connectivity index (χ1n) is 4.99. The topological polar surface area (TPSA) is 75.3 Å². The second kappa shape index (κ2) is 4.00. The minimum absolute atomic E-state index is 0.0292. The Labute approximate surface area is 88.1 Å². The molecule has 0 aromatic heterocycles. The number of hydrogen-bond acceptors (Lipinski definition) is 3. The van der Waals surface area contributed by atoms with Crippen molar-refractivity contribution >= 4 is 11.6 Å². The third-order valence-corrected chi connectivity index (χ3v) is 2.54. The second-order valence-electron chi connectivity index (χ2n) is 3.81. The molecule has 0 fully saturated rings. The van der Waals surface area contributed by atoms with Crippen LogP contribution in [0.15, 0.2) is 18.2 Å². The zero-order valence-corrected chi connectivity index (χ0v) is 8.36. The van der Waals surface area contributed by atoms with Gasteiger partial charge in [0.25, 0.3) is 0 Å². The smallest absolute Gasteiger partial charge is 0.228 e. The fourth-order valence-electron chi connectivity index (χ4n) is 1.77. The molecule has 1 aromatic rings. The van der Waals surface area contributed by atoms with Gasteiger partial charge in [0, 0.05) is 12.2 Å². The van der Waals surface area contributed by atoms with Crippen LogP contribution >= 0.6 is 0 Å². The van der Waals surface area contributed by atoms with Crippen LogP contribution in [0.1, 0.15) is 11.1 Å². The fraction of sp³-hybridized carbons (Fsp3) is 0.364. The van der Waals surface area contributed by atoms with Crippen molar-refractivity contribution in [2.75, 3.05) is 11.9 Å². The van der Waals surface area contributed by atoms with Crippen molar-refractivity contribution in [3.8, 4) is 0 Å². The lowest BCUT2D eigenvalue weighted by Crippen LogP contribution is -2.21. The number of nitrogens with one attached hydrogen (secondary N) is 1. The predicted molar refractivity (Wildman–Crippen MR) is 57.5 cm³/mol. The summed E-state index contributed by atoms with van der Waals surface area (Å²) in [4.78, 5) is 11.1. The predicted octanol–water partition coefficient (Wildman–Crippen LogP) is 0.0433. The van der Waals surface area contributed by atoms with E-state index in [4.69, 9.17) is 5.73 Å². The van der Waals surface area contributed by atoms with Crippen molar-refractivity contribution in [3.05, 3.63) is 29.3 Å². The third kappa shape index (κ3) is 2.16. The zero-order chi connectivity index (χ0) is 10.8. The molecule has 2 rings (SSSR count). The van der Waals surface area contributed by atoms with Crippen LogP contribution in [-0.2, 0) is 17.6 Å². The highest BCUT2D eigenvalue weighted by Gasteiger charge is 2.17. The summed E-state index contributed by atoms with van der Waals surface area (Å²) in [6.07, 6.45) is 0.466. The van der Waals surface area contributed by atoms with E-state index in [1.165, 1.54) is 0 Å². The molecule has 0 spiro atoms. The summed E-state index contributed by atoms with van der Waals surface area (Å²) in [6.45, 7) is 0.258. The summed E-state index contributed by atoms with van der Waals surface area (Å²) in [6, 6.07) is 5.73. The van der Waals surface area contributed by atoms with Gasteiger partial charge in [0.2, 0.25) is 5.91 Å². The Balaban J connectivity index is 2.16. The van der Waals surface area contributed by atoms with Crippen molar-refractivity contribution in [1.82, 2.24) is 0 Å². The number of amides is 1. The van der Waals surface area contributed by atoms with Crippen LogP contribution in [0.5, 0.6) is 0 Å². The molecule has 80 valence electrons. The molecule has 1 aliphatic rings. The maximum atomic E-state index is 11.1. The first-order valence-corrected chi connectivity index (χ1v) is 4.99. The summed E-state index contributed by atoms with van der Waals surface area (Å²) in [5, 5.41) is 12.2. The summed E-state index contributed by atoms with van der Waals surface area (Å²) in [7, 11) is 0. The van der Waals surface area contributed by atoms with Gasteiger partial charge >= 0.3 is 0 Å². The van der Waals surface area contributed by atoms with E-state index in [0.717, 1.165) is 16.8 Å². The number of carbonyl (C=O) groups excluding carboxylic acids is 1. The van der Waals surface area contributed by atoms with E-state index in [0.29, 0.717) is 12.8 Å². The van der Waals surface area contributed by atoms with Gasteiger partial charge in [-0.3, -0.25) is 4.79 Å². The van der Waals surface area contributed by atoms with Crippen molar-refractivity contribution in [3.63, 3.8) is 0 Å². The van der Waals surface area contributed by atoms with E-state index in [2.05, 4.69) is 5.32 Å². The summed E-state index contributed by atoms with van der Waals surface area (Å²) >= 11 is 0. The quantitative estimate of drug-likeness (QED) is 0.653. The van der Waals surface area contributed by atoms with Crippen molar-refractivity contribution in [2.45, 2.75) is 18.9 Å². The summed E-state index contributed by atoms with van der Waals surface area (Å²) in [5.41, 5.74) is 8.24. The van der Waals surface area contributed by atoms with Crippen LogP contribution < -0.4 is 11.1 Å². The number of anilines is 1. The molecule has 4 heteroatoms. The monoisotopic (exact) mass is 206 g/mol. The van der Waals surface area contributed by atoms with Gasteiger partial charge in [-0.15, -0.1) is 0 Å². The molecule has 1 aliphatic heterocycles. The Kier molecular flexibility index (Phi) is 2.70. The Morgan fingerprint density at radius 2 is 2.33 bits per heavy atom. The average molecular weight is 206 g/mol. The number of nitrogens with two attached hydrogens (primary N) is 1. The van der Waals surface area contributed by atoms with Gasteiger partial charge in [0.15, 0.2) is 0 Å². The molecule has 0 saturated heterocycles. The molecule has 0 bridgehead atoms. The Bertz CT molecular complexity index is 390. The maximum Gasteiger partial charge on any atom is 0.228 e. The molecule has 15 heavy (non-hydrogen) atoms. The van der Waals surface area contributed by atoms with Gasteiger partial charge < -0.3 is 16.2 Å². The minimum atomic E-state index is -0.506. The highest BCUT2D eigenvalue weighted by atomic mass is 16.3. The molecule has 4 nitrogen and oxygen atoms in total. The summed E-state index contributed by atoms with van der Waals surface area (Å²) < 4.78 is 0. The van der Waals surface area contributed by atoms with Crippen molar-refractivity contribution in [1.29, 1.82) is 0 Å². The summed E-state index contributed by atoms with van der Waals surface area (Å²) in [5.74, 6) is 0.0292. The molecule has 0 saturated carbocycles. The van der Waals surface area contributed by atoms with Crippen LogP contribution in [0.3, 0.4) is 0 Å². The molecule has 0 aliphatic carbocycles. The van der Waals surface area contributed by atoms with Crippen LogP contribution in [-0.4, -0.2) is 23.7 Å². The number of carbonyl (C=O) groups is 1. The van der Waals surface area contributed by atoms with E-state index in [-0.39, 0.29) is 12.5 Å². The Morgan fingerprint density at radius 1 is 1.53 bits per heavy atom. The average Bonchev–Trinajstić information content (AvgIpc) is 2.57. The molecule has 1 unspecified atom stereocenters. The highest BCUT2D eigenvalue weighted by molar-refractivity contribution is 5.99. The van der Waals surface area contributed by atoms with Crippen LogP contribution in [0, 0.1) is 0 Å². The Morgan fingerprint density at radius 3 is 3.07 bits per heavy atom. The lowest BCUT2D eigenvalue weighted by Gasteiger charge is -2.08. The standard InChI is InChI=1S/C11H14N2O2/c12-6-9(14)4-7-1-2-10-8(3-7)5-11(15)13-10/h1-3,9,14H,4-6,12H2,(H,13,15). The SMILES string of the molecule is NCC(O)Cc1ccc2c(c1)CC(=O)N2. The number of hydrogen-bond donors (Lipinski definition) is 3. The van der Waals surface area contributed by atoms with E-state index in [1.807, 2.05) is 18.2 Å². The zero-order valence-electron chi connectivity index (χ0n) is 8.36. The number of fused-ring (bicyclic) bond motifs is 1. The van der Waals surface area contributed by atoms with Gasteiger partial charge in [-0.1, -0.05) is 12.1 Å². The highest BCUT2D eigenvalue weighted by Crippen LogP contribution is 2.24. The van der Waals surface area contributed by atoms with Crippen LogP contribution in [0.2, 0.25) is 0 Å². The van der Waals surface area contributed by atoms with E-state index >= 15 is 0 Å². The Hall–Kier alpha value is -1.39. The van der Waals surface area contributed by atoms with Crippen LogP contribution in [0.25, 0.3) is 0 Å². The maximum absolute atomic E-state index is 11.1. The van der Waals surface area contributed by atoms with Gasteiger partial charge in [0.1, 0.15) is 0 Å². The van der Waals surface area contributed by atoms with E-state index < -0.39 is 6.10 Å². The van der Waals surface area contributed by atoms with Crippen molar-refractivity contribution in [2.24, 2.45) is 5.73 Å². The molecule has 4 N–H and O–H groups in total. The number of benzene rings is 1. The minimum Gasteiger partial charge on any atom is -0.391 e. The molecule has 1 amide bonds. The molecule has 1 aromatic carbocycles. The molecule has 0 radical (unpaired) electrons. The van der Waals surface area contributed by atoms with E-state index in [9.17, 15) is 9.90 Å². The lowest BCUT2D eigenvalue weighted by molar-refractivity contribution is -0.115. The van der Waals surface area contributed by atoms with Crippen molar-refractivity contribution < 1.29 is 9.90 Å². The van der Waals surface area contributed by atoms with Gasteiger partial charge in [-0.25, -0.2) is 0 Å². The fourth-order valence-corrected chi connectivity index (χ4v) is 1.77. The van der Waals surface area contributed by atoms with Gasteiger partial charge in [-0.05, 0) is 23.6 Å². The molecule has 1 heterocycles. The number of aliphatic hydroxyl groups is 1. The molecular weight excluding hydrogens is 192 g/mol. The largest absolute Gasteiger partial charge is 0.391 e. The first-order chi connectivity index (χ1) is 7.19. The molecular formula is C11H14N2O2. The number of aliphatic hydroxyl groups excluding tert-OH is 1. The first kappa shape index (κ1) is 10.1. The van der Waals surface area contributed by atoms with E-state index in [1.54, 1.807) is 0 Å². The molecule has 1 atom stereocenters. The van der Waals surface area contributed by atoms with Gasteiger partial charge in [-0.2, -0.15) is 0 Å².